The number of aliphatic hydroxyl groups excluding tert-OH is 5. The van der Waals surface area contributed by atoms with Crippen LogP contribution in [0.5, 0.6) is 0 Å². The number of ether oxygens (including phenoxy) is 2. The fourth-order valence-electron chi connectivity index (χ4n) is 7.28. The van der Waals surface area contributed by atoms with Gasteiger partial charge in [-0.15, -0.1) is 0 Å². The van der Waals surface area contributed by atoms with Gasteiger partial charge < -0.3 is 39.9 Å². The molecule has 13 nitrogen and oxygen atoms in total. The van der Waals surface area contributed by atoms with E-state index in [9.17, 15) is 44.6 Å². The number of hydrogen-bond acceptors (Lipinski definition) is 12. The largest absolute Gasteiger partial charge is 0.472 e. The summed E-state index contributed by atoms with van der Waals surface area (Å²) in [5.41, 5.74) is 0. The number of aliphatic hydroxyl groups is 5. The summed E-state index contributed by atoms with van der Waals surface area (Å²) in [6.45, 7) is 3.18. The summed E-state index contributed by atoms with van der Waals surface area (Å²) in [5, 5.41) is 50.2. The number of phosphoric acid groups is 1. The van der Waals surface area contributed by atoms with Gasteiger partial charge in [-0.05, 0) is 51.4 Å². The zero-order chi connectivity index (χ0) is 46.4. The first kappa shape index (κ1) is 58.8. The molecule has 6 N–H and O–H groups in total. The fraction of sp³-hybridized carbons (Fsp3) is 0.796. The molecule has 1 aliphatic carbocycles. The quantitative estimate of drug-likeness (QED) is 0.0147. The number of unbranched alkanes of at least 4 members (excludes halogenated alkanes) is 20. The van der Waals surface area contributed by atoms with Crippen molar-refractivity contribution in [2.24, 2.45) is 0 Å². The van der Waals surface area contributed by atoms with Gasteiger partial charge >= 0.3 is 19.8 Å². The standard InChI is InChI=1S/C49H87O13P/c1-3-5-7-9-11-13-15-17-19-21-23-25-27-29-31-33-35-37-42(50)59-39-41(40-60-63(57,58)62-49-47(55)45(53)44(52)46(54)48(49)56)61-43(51)38-36-34-32-30-28-26-24-22-20-18-16-14-12-10-8-6-4-2/h6,8,12,14,18,20,24,26,41,44-49,52-56H,3-5,7,9-11,13,15-17,19,21-23,25,27-40H2,1-2H3,(H,57,58)/b8-6-,14-12-,20-18-,26-24-. The van der Waals surface area contributed by atoms with Gasteiger partial charge in [0.1, 0.15) is 43.2 Å². The molecule has 0 saturated heterocycles. The zero-order valence-corrected chi connectivity index (χ0v) is 39.8. The number of carbonyl (C=O) groups is 2. The molecular formula is C49H87O13P. The molecule has 14 heteroatoms. The van der Waals surface area contributed by atoms with Crippen molar-refractivity contribution in [3.8, 4) is 0 Å². The van der Waals surface area contributed by atoms with Crippen LogP contribution in [0.1, 0.15) is 194 Å². The molecule has 0 amide bonds. The highest BCUT2D eigenvalue weighted by Gasteiger charge is 2.51. The molecule has 0 aliphatic heterocycles. The third-order valence-corrected chi connectivity index (χ3v) is 12.2. The first-order chi connectivity index (χ1) is 30.4. The molecule has 0 spiro atoms. The lowest BCUT2D eigenvalue weighted by Gasteiger charge is -2.41. The van der Waals surface area contributed by atoms with E-state index in [4.69, 9.17) is 18.5 Å². The lowest BCUT2D eigenvalue weighted by molar-refractivity contribution is -0.220. The molecule has 1 saturated carbocycles. The molecule has 6 unspecified atom stereocenters. The molecule has 0 aromatic carbocycles. The van der Waals surface area contributed by atoms with Crippen molar-refractivity contribution in [3.05, 3.63) is 48.6 Å². The molecule has 0 aromatic heterocycles. The van der Waals surface area contributed by atoms with Crippen LogP contribution in [0.25, 0.3) is 0 Å². The number of phosphoric ester groups is 1. The number of hydrogen-bond donors (Lipinski definition) is 6. The lowest BCUT2D eigenvalue weighted by Crippen LogP contribution is -2.64. The Kier molecular flexibility index (Phi) is 36.4. The van der Waals surface area contributed by atoms with E-state index in [1.165, 1.54) is 83.5 Å². The molecule has 63 heavy (non-hydrogen) atoms. The summed E-state index contributed by atoms with van der Waals surface area (Å²) in [7, 11) is -5.13. The smallest absolute Gasteiger partial charge is 0.462 e. The lowest BCUT2D eigenvalue weighted by atomic mass is 9.85. The van der Waals surface area contributed by atoms with Gasteiger partial charge in [0.15, 0.2) is 6.10 Å². The van der Waals surface area contributed by atoms with Crippen LogP contribution in [0.15, 0.2) is 48.6 Å². The molecule has 0 radical (unpaired) electrons. The first-order valence-corrected chi connectivity index (χ1v) is 25.9. The van der Waals surface area contributed by atoms with Gasteiger partial charge in [0.2, 0.25) is 0 Å². The highest BCUT2D eigenvalue weighted by molar-refractivity contribution is 7.47. The molecule has 366 valence electrons. The molecule has 0 aromatic rings. The Morgan fingerprint density at radius 2 is 0.905 bits per heavy atom. The Labute approximate surface area is 380 Å². The van der Waals surface area contributed by atoms with Gasteiger partial charge in [-0.2, -0.15) is 0 Å². The van der Waals surface area contributed by atoms with Crippen molar-refractivity contribution in [1.82, 2.24) is 0 Å². The average Bonchev–Trinajstić information content (AvgIpc) is 3.26. The third-order valence-electron chi connectivity index (χ3n) is 11.2. The number of allylic oxidation sites excluding steroid dienone is 8. The van der Waals surface area contributed by atoms with Crippen LogP contribution in [0, 0.1) is 0 Å². The van der Waals surface area contributed by atoms with Crippen molar-refractivity contribution >= 4 is 19.8 Å². The van der Waals surface area contributed by atoms with Gasteiger partial charge in [0.05, 0.1) is 6.61 Å². The number of rotatable bonds is 40. The van der Waals surface area contributed by atoms with Crippen LogP contribution in [0.3, 0.4) is 0 Å². The summed E-state index contributed by atoms with van der Waals surface area (Å²) >= 11 is 0. The van der Waals surface area contributed by atoms with E-state index in [1.807, 2.05) is 0 Å². The minimum atomic E-state index is -5.13. The van der Waals surface area contributed by atoms with Crippen LogP contribution in [-0.4, -0.2) is 98.3 Å². The van der Waals surface area contributed by atoms with E-state index in [1.54, 1.807) is 0 Å². The van der Waals surface area contributed by atoms with Crippen molar-refractivity contribution in [3.63, 3.8) is 0 Å². The van der Waals surface area contributed by atoms with E-state index in [-0.39, 0.29) is 12.8 Å². The molecule has 1 aliphatic rings. The van der Waals surface area contributed by atoms with Gasteiger partial charge in [-0.3, -0.25) is 18.6 Å². The Balaban J connectivity index is 2.44. The summed E-state index contributed by atoms with van der Waals surface area (Å²) in [5.74, 6) is -1.12. The second-order valence-corrected chi connectivity index (χ2v) is 18.3. The summed E-state index contributed by atoms with van der Waals surface area (Å²) in [4.78, 5) is 35.8. The minimum absolute atomic E-state index is 0.0690. The topological polar surface area (TPSA) is 210 Å². The van der Waals surface area contributed by atoms with Crippen molar-refractivity contribution < 1.29 is 63.1 Å². The van der Waals surface area contributed by atoms with Crippen LogP contribution in [0.4, 0.5) is 0 Å². The second-order valence-electron chi connectivity index (χ2n) is 16.9. The van der Waals surface area contributed by atoms with Crippen LogP contribution >= 0.6 is 7.82 Å². The summed E-state index contributed by atoms with van der Waals surface area (Å²) in [6, 6.07) is 0. The van der Waals surface area contributed by atoms with Crippen LogP contribution in [-0.2, 0) is 32.7 Å². The van der Waals surface area contributed by atoms with Crippen molar-refractivity contribution in [1.29, 1.82) is 0 Å². The zero-order valence-electron chi connectivity index (χ0n) is 38.9. The van der Waals surface area contributed by atoms with Crippen LogP contribution in [0.2, 0.25) is 0 Å². The maximum absolute atomic E-state index is 12.8. The SMILES string of the molecule is CC/C=C\C/C=C\C/C=C\C/C=C\CCCCCCC(=O)OC(COC(=O)CCCCCCCCCCCCCCCCCCC)COP(=O)(O)OC1C(O)C(O)C(O)C(O)C1O. The molecule has 6 atom stereocenters. The van der Waals surface area contributed by atoms with E-state index in [0.29, 0.717) is 12.8 Å². The van der Waals surface area contributed by atoms with Crippen LogP contribution < -0.4 is 0 Å². The van der Waals surface area contributed by atoms with Gasteiger partial charge in [0.25, 0.3) is 0 Å². The Morgan fingerprint density at radius 1 is 0.508 bits per heavy atom. The van der Waals surface area contributed by atoms with Gasteiger partial charge in [-0.25, -0.2) is 4.57 Å². The maximum Gasteiger partial charge on any atom is 0.472 e. The van der Waals surface area contributed by atoms with Crippen molar-refractivity contribution in [2.75, 3.05) is 13.2 Å². The summed E-state index contributed by atoms with van der Waals surface area (Å²) in [6.07, 6.45) is 33.0. The second kappa shape index (κ2) is 39.0. The fourth-order valence-corrected chi connectivity index (χ4v) is 8.25. The van der Waals surface area contributed by atoms with Crippen molar-refractivity contribution in [2.45, 2.75) is 236 Å². The van der Waals surface area contributed by atoms with E-state index in [0.717, 1.165) is 70.6 Å². The predicted molar refractivity (Wildman–Crippen MR) is 249 cm³/mol. The Hall–Kier alpha value is -2.19. The summed E-state index contributed by atoms with van der Waals surface area (Å²) < 4.78 is 33.6. The maximum atomic E-state index is 12.8. The highest BCUT2D eigenvalue weighted by Crippen LogP contribution is 2.47. The molecular weight excluding hydrogens is 828 g/mol. The Bertz CT molecular complexity index is 1290. The molecule has 0 heterocycles. The molecule has 1 fully saturated rings. The van der Waals surface area contributed by atoms with Gasteiger partial charge in [0, 0.05) is 12.8 Å². The monoisotopic (exact) mass is 915 g/mol. The number of esters is 2. The molecule has 0 bridgehead atoms. The number of carbonyl (C=O) groups excluding carboxylic acids is 2. The van der Waals surface area contributed by atoms with Gasteiger partial charge in [-0.1, -0.05) is 178 Å². The third kappa shape index (κ3) is 31.4. The van der Waals surface area contributed by atoms with E-state index < -0.39 is 75.7 Å². The minimum Gasteiger partial charge on any atom is -0.462 e. The normalized spacial score (nSPS) is 22.1. The molecule has 1 rings (SSSR count). The van der Waals surface area contributed by atoms with E-state index in [2.05, 4.69) is 62.5 Å². The predicted octanol–water partition coefficient (Wildman–Crippen LogP) is 9.95. The van der Waals surface area contributed by atoms with E-state index >= 15 is 0 Å². The average molecular weight is 915 g/mol. The first-order valence-electron chi connectivity index (χ1n) is 24.4. The highest BCUT2D eigenvalue weighted by atomic mass is 31.2. The Morgan fingerprint density at radius 3 is 1.38 bits per heavy atom.